The molecule has 0 aromatic rings. The van der Waals surface area contributed by atoms with E-state index in [1.54, 1.807) is 19.2 Å². The minimum Gasteiger partial charge on any atom is -0.415 e. The van der Waals surface area contributed by atoms with Gasteiger partial charge in [-0.1, -0.05) is 13.8 Å². The van der Waals surface area contributed by atoms with Crippen LogP contribution in [0.2, 0.25) is 0 Å². The molecule has 0 spiro atoms. The van der Waals surface area contributed by atoms with Crippen LogP contribution in [-0.2, 0) is 14.3 Å². The van der Waals surface area contributed by atoms with Crippen LogP contribution in [0.4, 0.5) is 0 Å². The molecule has 70 valence electrons. The summed E-state index contributed by atoms with van der Waals surface area (Å²) in [5.41, 5.74) is 0. The Kier molecular flexibility index (Phi) is 5.28. The Bertz CT molecular complexity index is 166. The number of ketones is 1. The number of quaternary nitrogens is 1. The van der Waals surface area contributed by atoms with Crippen molar-refractivity contribution in [2.45, 2.75) is 20.8 Å². The molecule has 0 saturated heterocycles. The smallest absolute Gasteiger partial charge is 0.312 e. The number of carbonyl (C=O) groups is 2. The highest BCUT2D eigenvalue weighted by atomic mass is 16.5. The number of hydrogen-bond donors (Lipinski definition) is 1. The Morgan fingerprint density at radius 3 is 2.42 bits per heavy atom. The number of carbonyl (C=O) groups excluding carboxylic acids is 2. The van der Waals surface area contributed by atoms with Crippen molar-refractivity contribution in [3.63, 3.8) is 0 Å². The van der Waals surface area contributed by atoms with Gasteiger partial charge in [0.1, 0.15) is 6.54 Å². The summed E-state index contributed by atoms with van der Waals surface area (Å²) in [5, 5.41) is 1.66. The first kappa shape index (κ1) is 11.1. The number of esters is 1. The molecule has 0 bridgehead atoms. The van der Waals surface area contributed by atoms with Gasteiger partial charge in [-0.2, -0.15) is 0 Å². The number of nitrogens with two attached hydrogens (primary N) is 1. The van der Waals surface area contributed by atoms with E-state index in [0.717, 1.165) is 0 Å². The van der Waals surface area contributed by atoms with Crippen LogP contribution >= 0.6 is 0 Å². The molecule has 0 aliphatic heterocycles. The van der Waals surface area contributed by atoms with Crippen LogP contribution in [0.3, 0.4) is 0 Å². The van der Waals surface area contributed by atoms with Gasteiger partial charge in [0.25, 0.3) is 0 Å². The summed E-state index contributed by atoms with van der Waals surface area (Å²) in [6, 6.07) is 0. The maximum Gasteiger partial charge on any atom is 0.312 e. The van der Waals surface area contributed by atoms with Gasteiger partial charge in [0.15, 0.2) is 5.78 Å². The summed E-state index contributed by atoms with van der Waals surface area (Å²) in [6.07, 6.45) is 0. The highest BCUT2D eigenvalue weighted by Gasteiger charge is 2.08. The van der Waals surface area contributed by atoms with Gasteiger partial charge in [-0.25, -0.2) is 0 Å². The summed E-state index contributed by atoms with van der Waals surface area (Å²) >= 11 is 0. The van der Waals surface area contributed by atoms with E-state index in [0.29, 0.717) is 6.54 Å². The number of ether oxygens (including phenoxy) is 1. The van der Waals surface area contributed by atoms with Crippen LogP contribution in [-0.4, -0.2) is 25.0 Å². The van der Waals surface area contributed by atoms with Crippen molar-refractivity contribution in [1.82, 2.24) is 0 Å². The van der Waals surface area contributed by atoms with Crippen molar-refractivity contribution in [1.29, 1.82) is 0 Å². The van der Waals surface area contributed by atoms with E-state index < -0.39 is 0 Å². The van der Waals surface area contributed by atoms with Crippen LogP contribution in [0, 0.1) is 5.92 Å². The van der Waals surface area contributed by atoms with Crippen molar-refractivity contribution in [2.75, 3.05) is 13.3 Å². The Morgan fingerprint density at radius 2 is 2.00 bits per heavy atom. The second kappa shape index (κ2) is 5.71. The van der Waals surface area contributed by atoms with Crippen molar-refractivity contribution < 1.29 is 19.6 Å². The molecule has 0 saturated carbocycles. The maximum absolute atomic E-state index is 10.9. The van der Waals surface area contributed by atoms with Gasteiger partial charge in [-0.15, -0.1) is 0 Å². The average molecular weight is 174 g/mol. The Balaban J connectivity index is 3.32. The molecule has 4 heteroatoms. The average Bonchev–Trinajstić information content (AvgIpc) is 1.97. The van der Waals surface area contributed by atoms with Crippen LogP contribution in [0.5, 0.6) is 0 Å². The summed E-state index contributed by atoms with van der Waals surface area (Å²) in [4.78, 5) is 21.3. The zero-order chi connectivity index (χ0) is 9.56. The summed E-state index contributed by atoms with van der Waals surface area (Å²) in [6.45, 7) is 5.64. The molecule has 4 nitrogen and oxygen atoms in total. The summed E-state index contributed by atoms with van der Waals surface area (Å²) in [5.74, 6) is -0.249. The molecule has 0 aliphatic carbocycles. The van der Waals surface area contributed by atoms with Crippen molar-refractivity contribution in [3.8, 4) is 0 Å². The standard InChI is InChI=1S/C8H15NO3/c1-6(2)8(11)12-5-9-4-7(3)10/h6,9H,4-5H2,1-3H3/p+1. The molecule has 0 fully saturated rings. The molecule has 0 aromatic heterocycles. The third-order valence-corrected chi connectivity index (χ3v) is 1.25. The predicted octanol–water partition coefficient (Wildman–Crippen LogP) is -0.704. The van der Waals surface area contributed by atoms with E-state index in [1.807, 2.05) is 0 Å². The zero-order valence-corrected chi connectivity index (χ0v) is 7.79. The van der Waals surface area contributed by atoms with E-state index in [-0.39, 0.29) is 24.4 Å². The molecule has 0 heterocycles. The first-order valence-corrected chi connectivity index (χ1v) is 4.01. The fourth-order valence-electron chi connectivity index (χ4n) is 0.570. The van der Waals surface area contributed by atoms with E-state index in [4.69, 9.17) is 4.74 Å². The first-order valence-electron chi connectivity index (χ1n) is 4.01. The molecule has 12 heavy (non-hydrogen) atoms. The largest absolute Gasteiger partial charge is 0.415 e. The predicted molar refractivity (Wildman–Crippen MR) is 43.3 cm³/mol. The fourth-order valence-corrected chi connectivity index (χ4v) is 0.570. The molecule has 0 aromatic carbocycles. The zero-order valence-electron chi connectivity index (χ0n) is 7.79. The van der Waals surface area contributed by atoms with Gasteiger partial charge in [-0.3, -0.25) is 9.59 Å². The molecule has 0 unspecified atom stereocenters. The monoisotopic (exact) mass is 174 g/mol. The van der Waals surface area contributed by atoms with Gasteiger partial charge < -0.3 is 10.1 Å². The lowest BCUT2D eigenvalue weighted by Crippen LogP contribution is -2.86. The maximum atomic E-state index is 10.9. The van der Waals surface area contributed by atoms with E-state index in [2.05, 4.69) is 0 Å². The molecular formula is C8H16NO3+. The van der Waals surface area contributed by atoms with Gasteiger partial charge in [-0.05, 0) is 0 Å². The molecule has 2 N–H and O–H groups in total. The first-order chi connectivity index (χ1) is 5.54. The molecule has 0 rings (SSSR count). The normalized spacial score (nSPS) is 10.0. The number of hydrogen-bond acceptors (Lipinski definition) is 3. The fraction of sp³-hybridized carbons (Fsp3) is 0.750. The SMILES string of the molecule is CC(=O)C[NH2+]COC(=O)C(C)C. The van der Waals surface area contributed by atoms with Gasteiger partial charge in [0, 0.05) is 6.92 Å². The summed E-state index contributed by atoms with van der Waals surface area (Å²) < 4.78 is 4.81. The molecule has 0 radical (unpaired) electrons. The third kappa shape index (κ3) is 5.85. The minimum atomic E-state index is -0.227. The highest BCUT2D eigenvalue weighted by molar-refractivity contribution is 5.76. The van der Waals surface area contributed by atoms with Crippen LogP contribution < -0.4 is 5.32 Å². The summed E-state index contributed by atoms with van der Waals surface area (Å²) in [7, 11) is 0. The lowest BCUT2D eigenvalue weighted by Gasteiger charge is -2.04. The minimum absolute atomic E-state index is 0.0793. The van der Waals surface area contributed by atoms with E-state index in [9.17, 15) is 9.59 Å². The van der Waals surface area contributed by atoms with Crippen LogP contribution in [0.1, 0.15) is 20.8 Å². The second-order valence-corrected chi connectivity index (χ2v) is 2.98. The lowest BCUT2D eigenvalue weighted by atomic mass is 10.2. The Hall–Kier alpha value is -0.900. The van der Waals surface area contributed by atoms with E-state index >= 15 is 0 Å². The van der Waals surface area contributed by atoms with Crippen molar-refractivity contribution >= 4 is 11.8 Å². The van der Waals surface area contributed by atoms with Crippen molar-refractivity contribution in [3.05, 3.63) is 0 Å². The Labute approximate surface area is 72.3 Å². The number of rotatable bonds is 5. The molecule has 0 atom stereocenters. The van der Waals surface area contributed by atoms with Gasteiger partial charge in [0.2, 0.25) is 6.73 Å². The number of Topliss-reactive ketones (excluding diaryl/α,β-unsaturated/α-hetero) is 1. The molecule has 0 amide bonds. The third-order valence-electron chi connectivity index (χ3n) is 1.25. The highest BCUT2D eigenvalue weighted by Crippen LogP contribution is 1.92. The lowest BCUT2D eigenvalue weighted by molar-refractivity contribution is -0.672. The van der Waals surface area contributed by atoms with Gasteiger partial charge in [0.05, 0.1) is 5.92 Å². The molecular weight excluding hydrogens is 158 g/mol. The molecule has 0 aliphatic rings. The van der Waals surface area contributed by atoms with Crippen molar-refractivity contribution in [2.24, 2.45) is 5.92 Å². The van der Waals surface area contributed by atoms with Crippen LogP contribution in [0.25, 0.3) is 0 Å². The topological polar surface area (TPSA) is 60.0 Å². The van der Waals surface area contributed by atoms with E-state index in [1.165, 1.54) is 6.92 Å². The van der Waals surface area contributed by atoms with Crippen LogP contribution in [0.15, 0.2) is 0 Å². The second-order valence-electron chi connectivity index (χ2n) is 2.98. The Morgan fingerprint density at radius 1 is 1.42 bits per heavy atom. The van der Waals surface area contributed by atoms with Gasteiger partial charge >= 0.3 is 5.97 Å². The quantitative estimate of drug-likeness (QED) is 0.340.